The van der Waals surface area contributed by atoms with Crippen LogP contribution in [0.15, 0.2) is 12.2 Å². The number of rotatable bonds is 10. The topological polar surface area (TPSA) is 84.9 Å². The van der Waals surface area contributed by atoms with Crippen molar-refractivity contribution in [3.8, 4) is 0 Å². The van der Waals surface area contributed by atoms with E-state index < -0.39 is 0 Å². The minimum absolute atomic E-state index is 0.00651. The van der Waals surface area contributed by atoms with Crippen LogP contribution in [0.1, 0.15) is 20.8 Å². The van der Waals surface area contributed by atoms with E-state index in [1.807, 2.05) is 20.8 Å². The van der Waals surface area contributed by atoms with Crippen LogP contribution in [0.25, 0.3) is 0 Å². The summed E-state index contributed by atoms with van der Waals surface area (Å²) < 4.78 is 10.5. The molecule has 0 aromatic heterocycles. The Kier molecular flexibility index (Phi) is 7.76. The molecule has 1 heterocycles. The van der Waals surface area contributed by atoms with Gasteiger partial charge in [0.1, 0.15) is 6.61 Å². The maximum atomic E-state index is 11.5. The normalized spacial score (nSPS) is 15.7. The number of carbonyl (C=O) groups is 3. The van der Waals surface area contributed by atoms with Crippen molar-refractivity contribution in [1.82, 2.24) is 10.2 Å². The lowest BCUT2D eigenvalue weighted by atomic mass is 10.1. The Balaban J connectivity index is 1.99. The molecule has 0 aromatic rings. The van der Waals surface area contributed by atoms with E-state index in [1.54, 1.807) is 0 Å². The Labute approximate surface area is 130 Å². The minimum Gasteiger partial charge on any atom is -0.377 e. The fraction of sp³-hybridized carbons (Fsp3) is 0.667. The number of nitrogens with zero attached hydrogens (tertiary/aromatic N) is 1. The lowest BCUT2D eigenvalue weighted by Crippen LogP contribution is -2.38. The van der Waals surface area contributed by atoms with Gasteiger partial charge >= 0.3 is 0 Å². The first kappa shape index (κ1) is 18.3. The van der Waals surface area contributed by atoms with Crippen LogP contribution in [-0.4, -0.2) is 61.6 Å². The van der Waals surface area contributed by atoms with Crippen LogP contribution < -0.4 is 5.32 Å². The Bertz CT molecular complexity index is 416. The van der Waals surface area contributed by atoms with Crippen LogP contribution in [0.3, 0.4) is 0 Å². The molecule has 1 N–H and O–H groups in total. The Morgan fingerprint density at radius 1 is 1.09 bits per heavy atom. The van der Waals surface area contributed by atoms with E-state index in [0.29, 0.717) is 12.5 Å². The van der Waals surface area contributed by atoms with E-state index in [9.17, 15) is 14.4 Å². The van der Waals surface area contributed by atoms with Crippen molar-refractivity contribution in [3.05, 3.63) is 12.2 Å². The summed E-state index contributed by atoms with van der Waals surface area (Å²) in [6.07, 6.45) is 2.48. The zero-order chi connectivity index (χ0) is 16.5. The molecule has 0 fully saturated rings. The molecule has 7 nitrogen and oxygen atoms in total. The summed E-state index contributed by atoms with van der Waals surface area (Å²) >= 11 is 0. The molecular weight excluding hydrogens is 288 g/mol. The third-order valence-corrected chi connectivity index (χ3v) is 3.35. The molecule has 124 valence electrons. The quantitative estimate of drug-likeness (QED) is 0.457. The first-order valence-corrected chi connectivity index (χ1v) is 7.40. The molecule has 1 aliphatic heterocycles. The van der Waals surface area contributed by atoms with Gasteiger partial charge in [-0.3, -0.25) is 19.3 Å². The Morgan fingerprint density at radius 2 is 1.68 bits per heavy atom. The van der Waals surface area contributed by atoms with Crippen LogP contribution in [0.2, 0.25) is 0 Å². The van der Waals surface area contributed by atoms with Crippen LogP contribution in [-0.2, 0) is 23.9 Å². The lowest BCUT2D eigenvalue weighted by Gasteiger charge is -2.17. The average molecular weight is 312 g/mol. The van der Waals surface area contributed by atoms with Gasteiger partial charge in [0, 0.05) is 18.2 Å². The highest BCUT2D eigenvalue weighted by molar-refractivity contribution is 6.12. The van der Waals surface area contributed by atoms with Gasteiger partial charge in [0.15, 0.2) is 0 Å². The van der Waals surface area contributed by atoms with Crippen LogP contribution in [0.4, 0.5) is 0 Å². The van der Waals surface area contributed by atoms with Crippen molar-refractivity contribution in [2.45, 2.75) is 26.8 Å². The number of hydrogen-bond donors (Lipinski definition) is 1. The molecule has 0 spiro atoms. The average Bonchev–Trinajstić information content (AvgIpc) is 2.77. The van der Waals surface area contributed by atoms with Crippen molar-refractivity contribution in [2.75, 3.05) is 33.0 Å². The fourth-order valence-electron chi connectivity index (χ4n) is 1.65. The summed E-state index contributed by atoms with van der Waals surface area (Å²) in [6.45, 7) is 7.06. The standard InChI is InChI=1S/C15H24N2O5/c1-11(2)12(3)16-13(18)10-22-9-8-21-7-6-17-14(19)4-5-15(17)20/h4-5,11-12H,6-10H2,1-3H3,(H,16,18). The summed E-state index contributed by atoms with van der Waals surface area (Å²) in [5.41, 5.74) is 0. The van der Waals surface area contributed by atoms with Gasteiger partial charge in [0.05, 0.1) is 26.4 Å². The molecule has 7 heteroatoms. The highest BCUT2D eigenvalue weighted by atomic mass is 16.5. The van der Waals surface area contributed by atoms with E-state index in [4.69, 9.17) is 9.47 Å². The smallest absolute Gasteiger partial charge is 0.253 e. The third kappa shape index (κ3) is 6.36. The molecule has 0 bridgehead atoms. The van der Waals surface area contributed by atoms with Gasteiger partial charge in [-0.25, -0.2) is 0 Å². The van der Waals surface area contributed by atoms with Crippen molar-refractivity contribution in [3.63, 3.8) is 0 Å². The van der Waals surface area contributed by atoms with Gasteiger partial charge in [-0.15, -0.1) is 0 Å². The van der Waals surface area contributed by atoms with E-state index in [0.717, 1.165) is 4.90 Å². The van der Waals surface area contributed by atoms with Gasteiger partial charge in [-0.2, -0.15) is 0 Å². The second kappa shape index (κ2) is 9.32. The van der Waals surface area contributed by atoms with Gasteiger partial charge in [-0.1, -0.05) is 13.8 Å². The minimum atomic E-state index is -0.319. The number of carbonyl (C=O) groups excluding carboxylic acids is 3. The summed E-state index contributed by atoms with van der Waals surface area (Å²) in [7, 11) is 0. The molecule has 1 atom stereocenters. The summed E-state index contributed by atoms with van der Waals surface area (Å²) in [5, 5.41) is 2.83. The summed E-state index contributed by atoms with van der Waals surface area (Å²) in [4.78, 5) is 35.2. The molecule has 1 aliphatic rings. The van der Waals surface area contributed by atoms with Crippen molar-refractivity contribution >= 4 is 17.7 Å². The monoisotopic (exact) mass is 312 g/mol. The fourth-order valence-corrected chi connectivity index (χ4v) is 1.65. The SMILES string of the molecule is CC(C)C(C)NC(=O)COCCOCCN1C(=O)C=CC1=O. The van der Waals surface area contributed by atoms with Crippen molar-refractivity contribution in [1.29, 1.82) is 0 Å². The van der Waals surface area contributed by atoms with Crippen LogP contribution in [0, 0.1) is 5.92 Å². The molecule has 0 saturated carbocycles. The molecule has 0 saturated heterocycles. The zero-order valence-corrected chi connectivity index (χ0v) is 13.3. The van der Waals surface area contributed by atoms with E-state index in [-0.39, 0.29) is 50.1 Å². The predicted molar refractivity (Wildman–Crippen MR) is 79.9 cm³/mol. The predicted octanol–water partition coefficient (Wildman–Crippen LogP) is 0.105. The maximum Gasteiger partial charge on any atom is 0.253 e. The number of hydrogen-bond acceptors (Lipinski definition) is 5. The first-order valence-electron chi connectivity index (χ1n) is 7.40. The van der Waals surface area contributed by atoms with Gasteiger partial charge in [0.2, 0.25) is 5.91 Å². The van der Waals surface area contributed by atoms with E-state index in [1.165, 1.54) is 12.2 Å². The van der Waals surface area contributed by atoms with Gasteiger partial charge in [0.25, 0.3) is 11.8 Å². The number of imide groups is 1. The molecule has 22 heavy (non-hydrogen) atoms. The lowest BCUT2D eigenvalue weighted by molar-refractivity contribution is -0.138. The van der Waals surface area contributed by atoms with Crippen LogP contribution >= 0.6 is 0 Å². The molecule has 1 unspecified atom stereocenters. The summed E-state index contributed by atoms with van der Waals surface area (Å²) in [5.74, 6) is -0.417. The van der Waals surface area contributed by atoms with Gasteiger partial charge in [-0.05, 0) is 12.8 Å². The Hall–Kier alpha value is -1.73. The highest BCUT2D eigenvalue weighted by Gasteiger charge is 2.22. The third-order valence-electron chi connectivity index (χ3n) is 3.35. The van der Waals surface area contributed by atoms with E-state index >= 15 is 0 Å². The molecule has 0 aliphatic carbocycles. The summed E-state index contributed by atoms with van der Waals surface area (Å²) in [6, 6.07) is 0.108. The number of nitrogens with one attached hydrogen (secondary N) is 1. The number of amides is 3. The van der Waals surface area contributed by atoms with Crippen molar-refractivity contribution in [2.24, 2.45) is 5.92 Å². The molecule has 1 rings (SSSR count). The molecule has 0 radical (unpaired) electrons. The van der Waals surface area contributed by atoms with E-state index in [2.05, 4.69) is 5.32 Å². The Morgan fingerprint density at radius 3 is 2.27 bits per heavy atom. The molecule has 3 amide bonds. The first-order chi connectivity index (χ1) is 10.4. The number of ether oxygens (including phenoxy) is 2. The van der Waals surface area contributed by atoms with Gasteiger partial charge < -0.3 is 14.8 Å². The second-order valence-corrected chi connectivity index (χ2v) is 5.43. The van der Waals surface area contributed by atoms with Crippen LogP contribution in [0.5, 0.6) is 0 Å². The maximum absolute atomic E-state index is 11.5. The van der Waals surface area contributed by atoms with Crippen molar-refractivity contribution < 1.29 is 23.9 Å². The highest BCUT2D eigenvalue weighted by Crippen LogP contribution is 2.02. The molecular formula is C15H24N2O5. The molecule has 0 aromatic carbocycles. The second-order valence-electron chi connectivity index (χ2n) is 5.43. The zero-order valence-electron chi connectivity index (χ0n) is 13.3. The largest absolute Gasteiger partial charge is 0.377 e.